The third-order valence-corrected chi connectivity index (χ3v) is 3.91. The molecule has 5 nitrogen and oxygen atoms in total. The molecule has 2 aromatic carbocycles. The van der Waals surface area contributed by atoms with Crippen molar-refractivity contribution in [2.75, 3.05) is 0 Å². The average molecular weight is 334 g/mol. The molecule has 0 aliphatic carbocycles. The topological polar surface area (TPSA) is 74.8 Å². The van der Waals surface area contributed by atoms with Crippen LogP contribution in [0.25, 0.3) is 0 Å². The Bertz CT molecular complexity index is 817. The molecule has 0 aliphatic heterocycles. The maximum absolute atomic E-state index is 12.8. The summed E-state index contributed by atoms with van der Waals surface area (Å²) in [6, 6.07) is 21.0. The van der Waals surface area contributed by atoms with Crippen LogP contribution in [0.15, 0.2) is 88.6 Å². The summed E-state index contributed by atoms with van der Waals surface area (Å²) in [6.07, 6.45) is 1.53. The van der Waals surface area contributed by atoms with E-state index in [1.807, 2.05) is 12.1 Å². The highest BCUT2D eigenvalue weighted by Gasteiger charge is 2.39. The Hall–Kier alpha value is -3.18. The van der Waals surface area contributed by atoms with Gasteiger partial charge in [-0.1, -0.05) is 60.7 Å². The van der Waals surface area contributed by atoms with Gasteiger partial charge in [0.1, 0.15) is 11.5 Å². The van der Waals surface area contributed by atoms with Gasteiger partial charge in [0.25, 0.3) is 5.91 Å². The smallest absolute Gasteiger partial charge is 0.281 e. The van der Waals surface area contributed by atoms with E-state index in [0.29, 0.717) is 22.6 Å². The van der Waals surface area contributed by atoms with Gasteiger partial charge in [-0.2, -0.15) is 5.10 Å². The van der Waals surface area contributed by atoms with Crippen LogP contribution in [-0.2, 0) is 10.4 Å². The highest BCUT2D eigenvalue weighted by atomic mass is 16.3. The Morgan fingerprint density at radius 3 is 2.00 bits per heavy atom. The Labute approximate surface area is 145 Å². The van der Waals surface area contributed by atoms with Crippen LogP contribution in [0.2, 0.25) is 0 Å². The summed E-state index contributed by atoms with van der Waals surface area (Å²) in [6.45, 7) is 1.71. The number of hydrogen-bond acceptors (Lipinski definition) is 4. The highest BCUT2D eigenvalue weighted by molar-refractivity contribution is 5.98. The second kappa shape index (κ2) is 7.15. The molecule has 0 fully saturated rings. The number of benzene rings is 2. The summed E-state index contributed by atoms with van der Waals surface area (Å²) in [5.74, 6) is -0.0981. The fraction of sp³-hybridized carbons (Fsp3) is 0.100. The zero-order chi connectivity index (χ0) is 17.7. The molecule has 5 heteroatoms. The molecule has 0 aliphatic rings. The predicted molar refractivity (Wildman–Crippen MR) is 94.9 cm³/mol. The van der Waals surface area contributed by atoms with Gasteiger partial charge < -0.3 is 9.52 Å². The van der Waals surface area contributed by atoms with E-state index in [-0.39, 0.29) is 0 Å². The number of carbonyl (C=O) groups excluding carboxylic acids is 1. The van der Waals surface area contributed by atoms with Gasteiger partial charge in [-0.3, -0.25) is 4.79 Å². The van der Waals surface area contributed by atoms with Crippen molar-refractivity contribution in [2.24, 2.45) is 5.10 Å². The Morgan fingerprint density at radius 1 is 0.960 bits per heavy atom. The minimum Gasteiger partial charge on any atom is -0.463 e. The van der Waals surface area contributed by atoms with Crippen molar-refractivity contribution in [1.29, 1.82) is 0 Å². The molecular formula is C20H18N2O3. The van der Waals surface area contributed by atoms with E-state index in [1.165, 1.54) is 6.26 Å². The van der Waals surface area contributed by atoms with Gasteiger partial charge in [-0.15, -0.1) is 0 Å². The van der Waals surface area contributed by atoms with E-state index in [4.69, 9.17) is 4.42 Å². The number of amides is 1. The number of hydrogen-bond donors (Lipinski definition) is 2. The van der Waals surface area contributed by atoms with Crippen molar-refractivity contribution in [2.45, 2.75) is 12.5 Å². The molecule has 126 valence electrons. The van der Waals surface area contributed by atoms with E-state index >= 15 is 0 Å². The largest absolute Gasteiger partial charge is 0.463 e. The van der Waals surface area contributed by atoms with Gasteiger partial charge in [0.2, 0.25) is 0 Å². The first-order valence-corrected chi connectivity index (χ1v) is 7.84. The zero-order valence-corrected chi connectivity index (χ0v) is 13.7. The number of nitrogens with zero attached hydrogens (tertiary/aromatic N) is 1. The Kier molecular flexibility index (Phi) is 4.77. The van der Waals surface area contributed by atoms with Gasteiger partial charge in [0.05, 0.1) is 6.26 Å². The first-order valence-electron chi connectivity index (χ1n) is 7.84. The quantitative estimate of drug-likeness (QED) is 0.556. The summed E-state index contributed by atoms with van der Waals surface area (Å²) in [7, 11) is 0. The molecule has 0 saturated heterocycles. The molecule has 3 aromatic rings. The van der Waals surface area contributed by atoms with E-state index < -0.39 is 11.5 Å². The van der Waals surface area contributed by atoms with Gasteiger partial charge in [0.15, 0.2) is 5.60 Å². The Balaban J connectivity index is 1.95. The molecule has 25 heavy (non-hydrogen) atoms. The van der Waals surface area contributed by atoms with Crippen LogP contribution in [-0.4, -0.2) is 16.7 Å². The summed E-state index contributed by atoms with van der Waals surface area (Å²) in [4.78, 5) is 12.8. The highest BCUT2D eigenvalue weighted by Crippen LogP contribution is 2.29. The van der Waals surface area contributed by atoms with Crippen molar-refractivity contribution in [1.82, 2.24) is 5.43 Å². The van der Waals surface area contributed by atoms with Crippen LogP contribution in [0.5, 0.6) is 0 Å². The van der Waals surface area contributed by atoms with Crippen LogP contribution in [0, 0.1) is 0 Å². The fourth-order valence-electron chi connectivity index (χ4n) is 2.54. The monoisotopic (exact) mass is 334 g/mol. The molecular weight excluding hydrogens is 316 g/mol. The molecule has 0 radical (unpaired) electrons. The third kappa shape index (κ3) is 3.36. The van der Waals surface area contributed by atoms with Crippen LogP contribution in [0.3, 0.4) is 0 Å². The maximum Gasteiger partial charge on any atom is 0.281 e. The number of aliphatic hydroxyl groups is 1. The summed E-state index contributed by atoms with van der Waals surface area (Å²) < 4.78 is 5.24. The number of furan rings is 1. The van der Waals surface area contributed by atoms with Gasteiger partial charge in [0, 0.05) is 0 Å². The van der Waals surface area contributed by atoms with Crippen molar-refractivity contribution >= 4 is 11.6 Å². The molecule has 0 bridgehead atoms. The summed E-state index contributed by atoms with van der Waals surface area (Å²) >= 11 is 0. The SMILES string of the molecule is C/C(=N/NC(=O)C(O)(c1ccccc1)c1ccccc1)c1ccco1. The third-order valence-electron chi connectivity index (χ3n) is 3.91. The summed E-state index contributed by atoms with van der Waals surface area (Å²) in [5.41, 5.74) is 2.02. The molecule has 0 spiro atoms. The lowest BCUT2D eigenvalue weighted by Crippen LogP contribution is -2.43. The number of carbonyl (C=O) groups is 1. The van der Waals surface area contributed by atoms with Gasteiger partial charge in [-0.25, -0.2) is 5.43 Å². The van der Waals surface area contributed by atoms with Crippen molar-refractivity contribution < 1.29 is 14.3 Å². The van der Waals surface area contributed by atoms with E-state index in [0.717, 1.165) is 0 Å². The van der Waals surface area contributed by atoms with Crippen molar-refractivity contribution in [3.8, 4) is 0 Å². The molecule has 2 N–H and O–H groups in total. The molecule has 1 heterocycles. The van der Waals surface area contributed by atoms with Crippen LogP contribution >= 0.6 is 0 Å². The Morgan fingerprint density at radius 2 is 1.52 bits per heavy atom. The van der Waals surface area contributed by atoms with Gasteiger partial charge in [-0.05, 0) is 30.2 Å². The lowest BCUT2D eigenvalue weighted by Gasteiger charge is -2.27. The van der Waals surface area contributed by atoms with Gasteiger partial charge >= 0.3 is 0 Å². The minimum atomic E-state index is -1.85. The van der Waals surface area contributed by atoms with Crippen LogP contribution < -0.4 is 5.43 Å². The molecule has 3 rings (SSSR count). The second-order valence-corrected chi connectivity index (χ2v) is 5.56. The normalized spacial score (nSPS) is 12.0. The van der Waals surface area contributed by atoms with Crippen molar-refractivity contribution in [3.05, 3.63) is 95.9 Å². The zero-order valence-electron chi connectivity index (χ0n) is 13.7. The molecule has 1 amide bonds. The molecule has 1 aromatic heterocycles. The number of nitrogens with one attached hydrogen (secondary N) is 1. The second-order valence-electron chi connectivity index (χ2n) is 5.56. The minimum absolute atomic E-state index is 0.463. The summed E-state index contributed by atoms with van der Waals surface area (Å²) in [5, 5.41) is 15.3. The van der Waals surface area contributed by atoms with Crippen molar-refractivity contribution in [3.63, 3.8) is 0 Å². The van der Waals surface area contributed by atoms with E-state index in [1.54, 1.807) is 67.6 Å². The molecule has 0 saturated carbocycles. The first-order chi connectivity index (χ1) is 12.1. The van der Waals surface area contributed by atoms with Crippen LogP contribution in [0.1, 0.15) is 23.8 Å². The lowest BCUT2D eigenvalue weighted by molar-refractivity contribution is -0.136. The number of hydrazone groups is 1. The number of rotatable bonds is 5. The molecule has 0 atom stereocenters. The lowest BCUT2D eigenvalue weighted by atomic mass is 9.85. The average Bonchev–Trinajstić information content (AvgIpc) is 3.21. The first kappa shape index (κ1) is 16.7. The molecule has 0 unspecified atom stereocenters. The van der Waals surface area contributed by atoms with E-state index in [9.17, 15) is 9.90 Å². The predicted octanol–water partition coefficient (Wildman–Crippen LogP) is 3.06. The standard InChI is InChI=1S/C20H18N2O3/c1-15(18-13-8-14-25-18)21-22-19(23)20(24,16-9-4-2-5-10-16)17-11-6-3-7-12-17/h2-14,24H,1H3,(H,22,23)/b21-15-. The van der Waals surface area contributed by atoms with E-state index in [2.05, 4.69) is 10.5 Å². The van der Waals surface area contributed by atoms with Crippen LogP contribution in [0.4, 0.5) is 0 Å². The maximum atomic E-state index is 12.8. The fourth-order valence-corrected chi connectivity index (χ4v) is 2.54.